The Balaban J connectivity index is 0.000000217. The molecule has 0 aromatic heterocycles. The van der Waals surface area contributed by atoms with E-state index in [9.17, 15) is 4.79 Å². The molecule has 0 aliphatic carbocycles. The maximum absolute atomic E-state index is 10.5. The van der Waals surface area contributed by atoms with E-state index in [0.29, 0.717) is 12.5 Å². The fraction of sp³-hybridized carbons (Fsp3) is 0.875. The highest BCUT2D eigenvalue weighted by atomic mass is 16.5. The van der Waals surface area contributed by atoms with Crippen molar-refractivity contribution in [2.45, 2.75) is 12.8 Å². The average Bonchev–Trinajstić information content (AvgIpc) is 2.39. The van der Waals surface area contributed by atoms with Crippen LogP contribution in [0.2, 0.25) is 0 Å². The molecule has 1 amide bonds. The lowest BCUT2D eigenvalue weighted by Gasteiger charge is -2.03. The summed E-state index contributed by atoms with van der Waals surface area (Å²) in [6.45, 7) is 1.52. The number of nitrogens with zero attached hydrogens (tertiary/aromatic N) is 1. The predicted molar refractivity (Wildman–Crippen MR) is 45.8 cm³/mol. The van der Waals surface area contributed by atoms with Crippen LogP contribution in [0, 0.1) is 0 Å². The van der Waals surface area contributed by atoms with Crippen molar-refractivity contribution < 1.29 is 14.6 Å². The molecule has 1 saturated heterocycles. The number of aliphatic hydroxyl groups excluding tert-OH is 1. The Hall–Kier alpha value is -0.610. The zero-order chi connectivity index (χ0) is 9.40. The molecule has 0 atom stereocenters. The fourth-order valence-electron chi connectivity index (χ4n) is 0.874. The van der Waals surface area contributed by atoms with E-state index in [1.54, 1.807) is 12.0 Å². The first-order chi connectivity index (χ1) is 5.72. The number of likely N-dealkylation sites (tertiary alicyclic amines) is 1. The minimum atomic E-state index is 0.122. The van der Waals surface area contributed by atoms with Gasteiger partial charge in [-0.1, -0.05) is 0 Å². The number of hydrogen-bond acceptors (Lipinski definition) is 3. The summed E-state index contributed by atoms with van der Waals surface area (Å²) in [7, 11) is 3.39. The second kappa shape index (κ2) is 7.06. The van der Waals surface area contributed by atoms with E-state index >= 15 is 0 Å². The van der Waals surface area contributed by atoms with Gasteiger partial charge < -0.3 is 14.7 Å². The van der Waals surface area contributed by atoms with Gasteiger partial charge in [-0.05, 0) is 6.42 Å². The first-order valence-electron chi connectivity index (χ1n) is 4.06. The highest BCUT2D eigenvalue weighted by Crippen LogP contribution is 2.04. The number of amides is 1. The van der Waals surface area contributed by atoms with Gasteiger partial charge in [0.2, 0.25) is 5.91 Å². The van der Waals surface area contributed by atoms with Gasteiger partial charge >= 0.3 is 0 Å². The second-order valence-electron chi connectivity index (χ2n) is 2.64. The van der Waals surface area contributed by atoms with E-state index < -0.39 is 0 Å². The van der Waals surface area contributed by atoms with Crippen molar-refractivity contribution >= 4 is 5.91 Å². The quantitative estimate of drug-likeness (QED) is 0.635. The van der Waals surface area contributed by atoms with Crippen LogP contribution in [-0.4, -0.2) is 49.8 Å². The number of carbonyl (C=O) groups excluding carboxylic acids is 1. The lowest BCUT2D eigenvalue weighted by Crippen LogP contribution is -2.17. The third-order valence-corrected chi connectivity index (χ3v) is 1.61. The van der Waals surface area contributed by atoms with Crippen molar-refractivity contribution in [1.29, 1.82) is 0 Å². The van der Waals surface area contributed by atoms with E-state index in [0.717, 1.165) is 19.4 Å². The zero-order valence-electron chi connectivity index (χ0n) is 7.75. The van der Waals surface area contributed by atoms with Crippen LogP contribution in [0.15, 0.2) is 0 Å². The van der Waals surface area contributed by atoms with Crippen molar-refractivity contribution in [2.75, 3.05) is 33.9 Å². The molecule has 0 aromatic rings. The molecular weight excluding hydrogens is 158 g/mol. The maximum Gasteiger partial charge on any atom is 0.222 e. The fourth-order valence-corrected chi connectivity index (χ4v) is 0.874. The van der Waals surface area contributed by atoms with Crippen LogP contribution < -0.4 is 0 Å². The van der Waals surface area contributed by atoms with Gasteiger partial charge in [-0.15, -0.1) is 0 Å². The Bertz CT molecular complexity index is 125. The van der Waals surface area contributed by atoms with Crippen molar-refractivity contribution in [3.05, 3.63) is 0 Å². The van der Waals surface area contributed by atoms with E-state index in [2.05, 4.69) is 4.74 Å². The van der Waals surface area contributed by atoms with Gasteiger partial charge in [0.1, 0.15) is 0 Å². The highest BCUT2D eigenvalue weighted by Gasteiger charge is 2.14. The largest absolute Gasteiger partial charge is 0.394 e. The maximum atomic E-state index is 10.5. The van der Waals surface area contributed by atoms with E-state index in [1.165, 1.54) is 0 Å². The van der Waals surface area contributed by atoms with Crippen LogP contribution in [0.3, 0.4) is 0 Å². The lowest BCUT2D eigenvalue weighted by atomic mass is 10.4. The summed E-state index contributed by atoms with van der Waals surface area (Å²) in [4.78, 5) is 12.3. The first kappa shape index (κ1) is 11.4. The monoisotopic (exact) mass is 175 g/mol. The van der Waals surface area contributed by atoms with Crippen LogP contribution in [0.1, 0.15) is 12.8 Å². The highest BCUT2D eigenvalue weighted by molar-refractivity contribution is 5.77. The average molecular weight is 175 g/mol. The number of aliphatic hydroxyl groups is 1. The Kier molecular flexibility index (Phi) is 6.70. The molecule has 0 saturated carbocycles. The molecule has 1 N–H and O–H groups in total. The molecule has 1 fully saturated rings. The SMILES string of the molecule is CN1CCCC1=O.COCCO. The summed E-state index contributed by atoms with van der Waals surface area (Å²) < 4.78 is 4.44. The predicted octanol–water partition coefficient (Wildman–Crippen LogP) is -0.136. The van der Waals surface area contributed by atoms with Crippen molar-refractivity contribution in [1.82, 2.24) is 4.90 Å². The van der Waals surface area contributed by atoms with E-state index in [1.807, 2.05) is 7.05 Å². The Morgan fingerprint density at radius 1 is 1.67 bits per heavy atom. The normalized spacial score (nSPS) is 15.9. The Labute approximate surface area is 73.1 Å². The zero-order valence-corrected chi connectivity index (χ0v) is 7.75. The van der Waals surface area contributed by atoms with Gasteiger partial charge in [-0.25, -0.2) is 0 Å². The van der Waals surface area contributed by atoms with Gasteiger partial charge in [0.25, 0.3) is 0 Å². The minimum absolute atomic E-state index is 0.122. The molecule has 0 aromatic carbocycles. The summed E-state index contributed by atoms with van der Waals surface area (Å²) >= 11 is 0. The van der Waals surface area contributed by atoms with Crippen LogP contribution in [0.4, 0.5) is 0 Å². The molecule has 4 nitrogen and oxygen atoms in total. The summed E-state index contributed by atoms with van der Waals surface area (Å²) in [5, 5.41) is 7.94. The van der Waals surface area contributed by atoms with Crippen LogP contribution in [0.25, 0.3) is 0 Å². The molecule has 1 rings (SSSR count). The molecule has 1 heterocycles. The lowest BCUT2D eigenvalue weighted by molar-refractivity contribution is -0.126. The van der Waals surface area contributed by atoms with Gasteiger partial charge in [-0.2, -0.15) is 0 Å². The number of ether oxygens (including phenoxy) is 1. The minimum Gasteiger partial charge on any atom is -0.394 e. The smallest absolute Gasteiger partial charge is 0.222 e. The third kappa shape index (κ3) is 5.09. The molecule has 4 heteroatoms. The van der Waals surface area contributed by atoms with Crippen molar-refractivity contribution in [3.8, 4) is 0 Å². The standard InChI is InChI=1S/C5H9NO.C3H8O2/c1-6-4-2-3-5(6)7;1-5-3-2-4/h2-4H2,1H3;4H,2-3H2,1H3. The number of methoxy groups -OCH3 is 1. The Morgan fingerprint density at radius 3 is 2.42 bits per heavy atom. The first-order valence-corrected chi connectivity index (χ1v) is 4.06. The summed E-state index contributed by atoms with van der Waals surface area (Å²) in [5.41, 5.74) is 0. The van der Waals surface area contributed by atoms with Gasteiger partial charge in [0, 0.05) is 27.1 Å². The van der Waals surface area contributed by atoms with Crippen molar-refractivity contribution in [3.63, 3.8) is 0 Å². The number of rotatable bonds is 2. The van der Waals surface area contributed by atoms with Gasteiger partial charge in [0.05, 0.1) is 13.2 Å². The molecule has 72 valence electrons. The summed E-state index contributed by atoms with van der Waals surface area (Å²) in [5.74, 6) is 0.292. The van der Waals surface area contributed by atoms with Crippen LogP contribution in [-0.2, 0) is 9.53 Å². The van der Waals surface area contributed by atoms with E-state index in [-0.39, 0.29) is 6.61 Å². The summed E-state index contributed by atoms with van der Waals surface area (Å²) in [6.07, 6.45) is 1.81. The van der Waals surface area contributed by atoms with Crippen LogP contribution in [0.5, 0.6) is 0 Å². The molecule has 0 bridgehead atoms. The topological polar surface area (TPSA) is 49.8 Å². The number of hydrogen-bond donors (Lipinski definition) is 1. The van der Waals surface area contributed by atoms with E-state index in [4.69, 9.17) is 5.11 Å². The Morgan fingerprint density at radius 2 is 2.33 bits per heavy atom. The van der Waals surface area contributed by atoms with Crippen molar-refractivity contribution in [2.24, 2.45) is 0 Å². The van der Waals surface area contributed by atoms with Crippen LogP contribution >= 0.6 is 0 Å². The molecular formula is C8H17NO3. The van der Waals surface area contributed by atoms with Gasteiger partial charge in [0.15, 0.2) is 0 Å². The molecule has 1 aliphatic rings. The summed E-state index contributed by atoms with van der Waals surface area (Å²) in [6, 6.07) is 0. The molecule has 12 heavy (non-hydrogen) atoms. The molecule has 0 spiro atoms. The third-order valence-electron chi connectivity index (χ3n) is 1.61. The second-order valence-corrected chi connectivity index (χ2v) is 2.64. The molecule has 1 aliphatic heterocycles. The number of carbonyl (C=O) groups is 1. The molecule has 0 radical (unpaired) electrons. The van der Waals surface area contributed by atoms with Gasteiger partial charge in [-0.3, -0.25) is 4.79 Å². The molecule has 0 unspecified atom stereocenters.